The fourth-order valence-corrected chi connectivity index (χ4v) is 2.30. The summed E-state index contributed by atoms with van der Waals surface area (Å²) in [5, 5.41) is 3.23. The summed E-state index contributed by atoms with van der Waals surface area (Å²) in [4.78, 5) is 17.8. The van der Waals surface area contributed by atoms with Crippen LogP contribution in [0.2, 0.25) is 0 Å². The van der Waals surface area contributed by atoms with Crippen LogP contribution in [0.25, 0.3) is 0 Å². The van der Waals surface area contributed by atoms with E-state index in [9.17, 15) is 9.18 Å². The first-order valence-electron chi connectivity index (χ1n) is 6.35. The van der Waals surface area contributed by atoms with Gasteiger partial charge in [-0.15, -0.1) is 0 Å². The Morgan fingerprint density at radius 1 is 1.67 bits per heavy atom. The molecule has 1 aliphatic heterocycles. The summed E-state index contributed by atoms with van der Waals surface area (Å²) in [6, 6.07) is 1.62. The van der Waals surface area contributed by atoms with Gasteiger partial charge in [0.25, 0.3) is 5.91 Å². The van der Waals surface area contributed by atoms with Crippen molar-refractivity contribution < 1.29 is 9.18 Å². The molecule has 1 aromatic rings. The first-order chi connectivity index (χ1) is 8.74. The number of halogens is 1. The van der Waals surface area contributed by atoms with Gasteiger partial charge in [0.05, 0.1) is 11.8 Å². The lowest BCUT2D eigenvalue weighted by Crippen LogP contribution is -2.42. The van der Waals surface area contributed by atoms with Gasteiger partial charge in [0.2, 0.25) is 0 Å². The van der Waals surface area contributed by atoms with E-state index in [-0.39, 0.29) is 17.5 Å². The van der Waals surface area contributed by atoms with Gasteiger partial charge < -0.3 is 10.2 Å². The average molecular weight is 251 g/mol. The second-order valence-corrected chi connectivity index (χ2v) is 4.50. The van der Waals surface area contributed by atoms with Crippen molar-refractivity contribution in [2.24, 2.45) is 0 Å². The van der Waals surface area contributed by atoms with Gasteiger partial charge in [-0.05, 0) is 25.5 Å². The van der Waals surface area contributed by atoms with Gasteiger partial charge in [0.1, 0.15) is 0 Å². The molecule has 2 heterocycles. The van der Waals surface area contributed by atoms with Crippen molar-refractivity contribution in [3.8, 4) is 0 Å². The molecule has 1 unspecified atom stereocenters. The molecule has 1 aromatic heterocycles. The molecule has 1 N–H and O–H groups in total. The summed E-state index contributed by atoms with van der Waals surface area (Å²) in [5.41, 5.74) is 0.116. The van der Waals surface area contributed by atoms with Crippen LogP contribution in [0.4, 0.5) is 4.39 Å². The Bertz CT molecular complexity index is 418. The molecule has 98 valence electrons. The van der Waals surface area contributed by atoms with Crippen LogP contribution in [0.3, 0.4) is 0 Å². The number of pyridine rings is 1. The van der Waals surface area contributed by atoms with Crippen molar-refractivity contribution in [1.82, 2.24) is 15.2 Å². The van der Waals surface area contributed by atoms with Crippen molar-refractivity contribution in [1.29, 1.82) is 0 Å². The maximum absolute atomic E-state index is 13.6. The van der Waals surface area contributed by atoms with Crippen LogP contribution in [0.15, 0.2) is 18.5 Å². The molecule has 0 aliphatic carbocycles. The highest BCUT2D eigenvalue weighted by molar-refractivity contribution is 5.94. The zero-order valence-corrected chi connectivity index (χ0v) is 10.5. The van der Waals surface area contributed by atoms with E-state index in [0.29, 0.717) is 6.54 Å². The van der Waals surface area contributed by atoms with Crippen LogP contribution >= 0.6 is 0 Å². The first-order valence-corrected chi connectivity index (χ1v) is 6.35. The molecule has 0 radical (unpaired) electrons. The molecule has 1 atom stereocenters. The lowest BCUT2D eigenvalue weighted by molar-refractivity contribution is 0.0687. The molecule has 1 amide bonds. The Hall–Kier alpha value is -1.49. The Balaban J connectivity index is 2.20. The molecule has 0 bridgehead atoms. The summed E-state index contributed by atoms with van der Waals surface area (Å²) in [5.74, 6) is -0.778. The van der Waals surface area contributed by atoms with Gasteiger partial charge in [-0.2, -0.15) is 0 Å². The number of amides is 1. The number of rotatable bonds is 4. The van der Waals surface area contributed by atoms with Crippen LogP contribution in [0.1, 0.15) is 30.1 Å². The Labute approximate surface area is 106 Å². The quantitative estimate of drug-likeness (QED) is 0.880. The number of carbonyl (C=O) groups is 1. The van der Waals surface area contributed by atoms with E-state index in [2.05, 4.69) is 10.3 Å². The summed E-state index contributed by atoms with van der Waals surface area (Å²) in [7, 11) is 0. The van der Waals surface area contributed by atoms with E-state index in [0.717, 1.165) is 32.1 Å². The normalized spacial score (nSPS) is 18.9. The minimum Gasteiger partial charge on any atom is -0.334 e. The van der Waals surface area contributed by atoms with E-state index in [1.54, 1.807) is 4.90 Å². The third-order valence-corrected chi connectivity index (χ3v) is 3.20. The van der Waals surface area contributed by atoms with E-state index in [4.69, 9.17) is 0 Å². The molecule has 1 fully saturated rings. The zero-order chi connectivity index (χ0) is 13.0. The van der Waals surface area contributed by atoms with Gasteiger partial charge in [-0.25, -0.2) is 4.39 Å². The van der Waals surface area contributed by atoms with Gasteiger partial charge >= 0.3 is 0 Å². The van der Waals surface area contributed by atoms with Gasteiger partial charge in [0.15, 0.2) is 5.82 Å². The van der Waals surface area contributed by atoms with Crippen LogP contribution in [-0.2, 0) is 0 Å². The molecule has 2 rings (SSSR count). The lowest BCUT2D eigenvalue weighted by atomic mass is 10.1. The highest BCUT2D eigenvalue weighted by Gasteiger charge is 2.27. The van der Waals surface area contributed by atoms with Crippen molar-refractivity contribution >= 4 is 5.91 Å². The fourth-order valence-electron chi connectivity index (χ4n) is 2.30. The topological polar surface area (TPSA) is 45.2 Å². The lowest BCUT2D eigenvalue weighted by Gasteiger charge is -2.28. The number of nitrogens with zero attached hydrogens (tertiary/aromatic N) is 2. The third kappa shape index (κ3) is 2.67. The number of nitrogens with one attached hydrogen (secondary N) is 1. The van der Waals surface area contributed by atoms with E-state index in [1.807, 2.05) is 6.92 Å². The van der Waals surface area contributed by atoms with Crippen LogP contribution in [-0.4, -0.2) is 41.5 Å². The third-order valence-electron chi connectivity index (χ3n) is 3.20. The Kier molecular flexibility index (Phi) is 4.25. The first kappa shape index (κ1) is 13.0. The zero-order valence-electron chi connectivity index (χ0n) is 10.5. The van der Waals surface area contributed by atoms with E-state index in [1.165, 1.54) is 12.3 Å². The average Bonchev–Trinajstić information content (AvgIpc) is 2.89. The predicted octanol–water partition coefficient (Wildman–Crippen LogP) is 1.43. The second-order valence-electron chi connectivity index (χ2n) is 4.50. The molecule has 4 nitrogen and oxygen atoms in total. The predicted molar refractivity (Wildman–Crippen MR) is 66.8 cm³/mol. The molecule has 1 saturated heterocycles. The minimum atomic E-state index is -0.547. The molecule has 1 aliphatic rings. The van der Waals surface area contributed by atoms with Gasteiger partial charge in [-0.3, -0.25) is 9.78 Å². The van der Waals surface area contributed by atoms with Crippen LogP contribution in [0.5, 0.6) is 0 Å². The molecule has 5 heteroatoms. The Morgan fingerprint density at radius 2 is 2.50 bits per heavy atom. The van der Waals surface area contributed by atoms with Crippen molar-refractivity contribution in [2.45, 2.75) is 25.8 Å². The van der Waals surface area contributed by atoms with Gasteiger partial charge in [0, 0.05) is 25.3 Å². The maximum atomic E-state index is 13.6. The number of hydrogen-bond acceptors (Lipinski definition) is 3. The summed E-state index contributed by atoms with van der Waals surface area (Å²) in [6.45, 7) is 4.38. The largest absolute Gasteiger partial charge is 0.334 e. The SMILES string of the molecule is CCCN(C(=O)c1ccncc1F)C1CCNC1. The number of aromatic nitrogens is 1. The summed E-state index contributed by atoms with van der Waals surface area (Å²) in [6.07, 6.45) is 4.34. The minimum absolute atomic E-state index is 0.116. The fraction of sp³-hybridized carbons (Fsp3) is 0.538. The summed E-state index contributed by atoms with van der Waals surface area (Å²) < 4.78 is 13.6. The van der Waals surface area contributed by atoms with E-state index >= 15 is 0 Å². The number of hydrogen-bond donors (Lipinski definition) is 1. The van der Waals surface area contributed by atoms with Crippen molar-refractivity contribution in [2.75, 3.05) is 19.6 Å². The summed E-state index contributed by atoms with van der Waals surface area (Å²) >= 11 is 0. The highest BCUT2D eigenvalue weighted by Crippen LogP contribution is 2.15. The smallest absolute Gasteiger partial charge is 0.257 e. The maximum Gasteiger partial charge on any atom is 0.257 e. The van der Waals surface area contributed by atoms with Crippen molar-refractivity contribution in [3.63, 3.8) is 0 Å². The standard InChI is InChI=1S/C13H18FN3O/c1-2-7-17(10-3-5-15-8-10)13(18)11-4-6-16-9-12(11)14/h4,6,9-10,15H,2-3,5,7-8H2,1H3. The van der Waals surface area contributed by atoms with Crippen LogP contribution in [0, 0.1) is 5.82 Å². The van der Waals surface area contributed by atoms with Gasteiger partial charge in [-0.1, -0.05) is 6.92 Å². The molecule has 18 heavy (non-hydrogen) atoms. The molecular weight excluding hydrogens is 233 g/mol. The molecule has 0 spiro atoms. The highest BCUT2D eigenvalue weighted by atomic mass is 19.1. The molecule has 0 saturated carbocycles. The monoisotopic (exact) mass is 251 g/mol. The second kappa shape index (κ2) is 5.91. The van der Waals surface area contributed by atoms with Crippen molar-refractivity contribution in [3.05, 3.63) is 29.8 Å². The molecular formula is C13H18FN3O. The van der Waals surface area contributed by atoms with Crippen LogP contribution < -0.4 is 5.32 Å². The molecule has 0 aromatic carbocycles. The Morgan fingerprint density at radius 3 is 3.11 bits per heavy atom. The number of carbonyl (C=O) groups excluding carboxylic acids is 1. The van der Waals surface area contributed by atoms with E-state index < -0.39 is 5.82 Å².